The fourth-order valence-electron chi connectivity index (χ4n) is 4.37. The fraction of sp³-hybridized carbons (Fsp3) is 0.611. The molecular formula is C18H18F3N3O2. The van der Waals surface area contributed by atoms with E-state index < -0.39 is 17.7 Å². The fourth-order valence-corrected chi connectivity index (χ4v) is 4.37. The molecule has 1 N–H and O–H groups in total. The van der Waals surface area contributed by atoms with E-state index in [4.69, 9.17) is 5.11 Å². The molecule has 1 saturated heterocycles. The third kappa shape index (κ3) is 2.79. The Hall–Kier alpha value is -2.30. The summed E-state index contributed by atoms with van der Waals surface area (Å²) < 4.78 is 40.5. The van der Waals surface area contributed by atoms with Crippen molar-refractivity contribution in [3.63, 3.8) is 0 Å². The number of nitriles is 1. The maximum atomic E-state index is 13.5. The molecule has 3 atom stereocenters. The van der Waals surface area contributed by atoms with Crippen molar-refractivity contribution >= 4 is 11.8 Å². The number of aromatic nitrogens is 1. The van der Waals surface area contributed by atoms with Crippen molar-refractivity contribution < 1.29 is 23.1 Å². The summed E-state index contributed by atoms with van der Waals surface area (Å²) in [7, 11) is 0. The third-order valence-corrected chi connectivity index (χ3v) is 6.05. The molecule has 3 fully saturated rings. The molecule has 2 saturated carbocycles. The summed E-state index contributed by atoms with van der Waals surface area (Å²) in [4.78, 5) is 17.1. The highest BCUT2D eigenvalue weighted by Gasteiger charge is 2.56. The van der Waals surface area contributed by atoms with Gasteiger partial charge in [-0.05, 0) is 36.7 Å². The van der Waals surface area contributed by atoms with E-state index in [0.717, 1.165) is 25.3 Å². The van der Waals surface area contributed by atoms with E-state index in [9.17, 15) is 23.2 Å². The first-order valence-electron chi connectivity index (χ1n) is 8.78. The van der Waals surface area contributed by atoms with Gasteiger partial charge in [-0.2, -0.15) is 18.4 Å². The van der Waals surface area contributed by atoms with Crippen molar-refractivity contribution in [2.24, 2.45) is 17.8 Å². The van der Waals surface area contributed by atoms with Crippen molar-refractivity contribution in [1.82, 2.24) is 4.98 Å². The van der Waals surface area contributed by atoms with Crippen LogP contribution in [0.25, 0.3) is 0 Å². The predicted molar refractivity (Wildman–Crippen MR) is 85.5 cm³/mol. The zero-order valence-electron chi connectivity index (χ0n) is 14.0. The van der Waals surface area contributed by atoms with E-state index in [2.05, 4.69) is 4.98 Å². The molecule has 0 spiro atoms. The predicted octanol–water partition coefficient (Wildman–Crippen LogP) is 3.40. The van der Waals surface area contributed by atoms with E-state index in [-0.39, 0.29) is 47.2 Å². The summed E-state index contributed by atoms with van der Waals surface area (Å²) in [6.07, 6.45) is -2.03. The quantitative estimate of drug-likeness (QED) is 0.885. The maximum absolute atomic E-state index is 13.5. The molecule has 1 aromatic heterocycles. The second-order valence-electron chi connectivity index (χ2n) is 7.52. The lowest BCUT2D eigenvalue weighted by atomic mass is 9.80. The number of alkyl halides is 3. The first-order chi connectivity index (χ1) is 12.3. The molecule has 1 unspecified atom stereocenters. The molecule has 0 radical (unpaired) electrons. The molecule has 4 rings (SSSR count). The van der Waals surface area contributed by atoms with Gasteiger partial charge in [0.1, 0.15) is 11.9 Å². The summed E-state index contributed by atoms with van der Waals surface area (Å²) in [5.41, 5.74) is -0.986. The Morgan fingerprint density at radius 2 is 2.00 bits per heavy atom. The minimum Gasteiger partial charge on any atom is -0.481 e. The zero-order valence-corrected chi connectivity index (χ0v) is 14.0. The number of carboxylic acids is 1. The number of aliphatic carboxylic acids is 1. The number of nitrogens with zero attached hydrogens (tertiary/aromatic N) is 3. The number of piperidine rings is 1. The topological polar surface area (TPSA) is 77.2 Å². The van der Waals surface area contributed by atoms with Crippen LogP contribution in [0.1, 0.15) is 48.4 Å². The van der Waals surface area contributed by atoms with Crippen molar-refractivity contribution in [1.29, 1.82) is 5.26 Å². The summed E-state index contributed by atoms with van der Waals surface area (Å²) in [5.74, 6) is -0.105. The second kappa shape index (κ2) is 5.86. The van der Waals surface area contributed by atoms with Gasteiger partial charge < -0.3 is 10.0 Å². The summed E-state index contributed by atoms with van der Waals surface area (Å²) in [6.45, 7) is 1.06. The second-order valence-corrected chi connectivity index (χ2v) is 7.52. The summed E-state index contributed by atoms with van der Waals surface area (Å²) >= 11 is 0. The lowest BCUT2D eigenvalue weighted by Crippen LogP contribution is -2.27. The number of carboxylic acid groups (broad SMARTS) is 1. The van der Waals surface area contributed by atoms with Gasteiger partial charge in [0.15, 0.2) is 0 Å². The number of pyridine rings is 1. The van der Waals surface area contributed by atoms with Gasteiger partial charge in [-0.25, -0.2) is 4.98 Å². The van der Waals surface area contributed by atoms with Gasteiger partial charge in [0, 0.05) is 25.4 Å². The number of carbonyl (C=O) groups is 1. The standard InChI is InChI=1S/C18H18F3N3O2/c19-18(20,21)14-5-15(23-17(11(14)6-22)9-2-1-3-9)24-7-12-10(4-16(25)26)13(12)8-24/h5,9-10,12-13H,1-4,7-8H2,(H,25,26)/t10?,12-,13+. The van der Waals surface area contributed by atoms with Gasteiger partial charge in [0.05, 0.1) is 16.8 Å². The SMILES string of the molecule is N#Cc1c(C(F)(F)F)cc(N2C[C@@H]3C(CC(=O)O)[C@@H]3C2)nc1C1CCC1. The van der Waals surface area contributed by atoms with Crippen molar-refractivity contribution in [2.75, 3.05) is 18.0 Å². The number of hydrogen-bond donors (Lipinski definition) is 1. The van der Waals surface area contributed by atoms with Crippen LogP contribution in [-0.2, 0) is 11.0 Å². The molecule has 0 amide bonds. The molecule has 0 aromatic carbocycles. The Labute approximate surface area is 148 Å². The van der Waals surface area contributed by atoms with Crippen molar-refractivity contribution in [2.45, 2.75) is 37.8 Å². The van der Waals surface area contributed by atoms with E-state index in [1.807, 2.05) is 4.90 Å². The van der Waals surface area contributed by atoms with Gasteiger partial charge in [0.2, 0.25) is 0 Å². The van der Waals surface area contributed by atoms with E-state index >= 15 is 0 Å². The molecule has 2 heterocycles. The largest absolute Gasteiger partial charge is 0.481 e. The monoisotopic (exact) mass is 365 g/mol. The smallest absolute Gasteiger partial charge is 0.417 e. The Morgan fingerprint density at radius 1 is 1.35 bits per heavy atom. The van der Waals surface area contributed by atoms with Crippen LogP contribution in [0.15, 0.2) is 6.07 Å². The van der Waals surface area contributed by atoms with Gasteiger partial charge in [-0.1, -0.05) is 6.42 Å². The van der Waals surface area contributed by atoms with Crippen LogP contribution in [0.3, 0.4) is 0 Å². The number of hydrogen-bond acceptors (Lipinski definition) is 4. The van der Waals surface area contributed by atoms with E-state index in [0.29, 0.717) is 13.1 Å². The average molecular weight is 365 g/mol. The van der Waals surface area contributed by atoms with Gasteiger partial charge in [0.25, 0.3) is 0 Å². The summed E-state index contributed by atoms with van der Waals surface area (Å²) in [5, 5.41) is 18.2. The molecule has 5 nitrogen and oxygen atoms in total. The van der Waals surface area contributed by atoms with Crippen LogP contribution >= 0.6 is 0 Å². The Balaban J connectivity index is 1.64. The molecule has 2 aliphatic carbocycles. The lowest BCUT2D eigenvalue weighted by molar-refractivity contribution is -0.138. The van der Waals surface area contributed by atoms with Crippen molar-refractivity contribution in [3.8, 4) is 6.07 Å². The van der Waals surface area contributed by atoms with Crippen LogP contribution in [-0.4, -0.2) is 29.1 Å². The molecule has 1 aliphatic heterocycles. The van der Waals surface area contributed by atoms with Crippen LogP contribution in [0, 0.1) is 29.1 Å². The number of fused-ring (bicyclic) bond motifs is 1. The Kier molecular flexibility index (Phi) is 3.86. The first-order valence-corrected chi connectivity index (χ1v) is 8.78. The van der Waals surface area contributed by atoms with Crippen LogP contribution in [0.5, 0.6) is 0 Å². The van der Waals surface area contributed by atoms with Crippen LogP contribution in [0.4, 0.5) is 19.0 Å². The molecule has 138 valence electrons. The molecule has 1 aromatic rings. The van der Waals surface area contributed by atoms with E-state index in [1.54, 1.807) is 6.07 Å². The minimum atomic E-state index is -4.60. The average Bonchev–Trinajstić information content (AvgIpc) is 2.94. The molecular weight excluding hydrogens is 347 g/mol. The molecule has 26 heavy (non-hydrogen) atoms. The zero-order chi connectivity index (χ0) is 18.6. The highest BCUT2D eigenvalue weighted by molar-refractivity contribution is 5.68. The molecule has 3 aliphatic rings. The van der Waals surface area contributed by atoms with Crippen LogP contribution < -0.4 is 4.90 Å². The highest BCUT2D eigenvalue weighted by Crippen LogP contribution is 2.54. The van der Waals surface area contributed by atoms with Gasteiger partial charge in [-0.15, -0.1) is 0 Å². The first kappa shape index (κ1) is 17.1. The molecule has 0 bridgehead atoms. The number of halogens is 3. The Bertz CT molecular complexity index is 786. The number of anilines is 1. The maximum Gasteiger partial charge on any atom is 0.417 e. The normalized spacial score (nSPS) is 27.6. The van der Waals surface area contributed by atoms with Gasteiger partial charge >= 0.3 is 12.1 Å². The summed E-state index contributed by atoms with van der Waals surface area (Å²) in [6, 6.07) is 2.70. The lowest BCUT2D eigenvalue weighted by Gasteiger charge is -2.29. The highest BCUT2D eigenvalue weighted by atomic mass is 19.4. The van der Waals surface area contributed by atoms with Gasteiger partial charge in [-0.3, -0.25) is 4.79 Å². The van der Waals surface area contributed by atoms with Crippen molar-refractivity contribution in [3.05, 3.63) is 22.9 Å². The van der Waals surface area contributed by atoms with E-state index in [1.165, 1.54) is 0 Å². The molecule has 8 heteroatoms. The third-order valence-electron chi connectivity index (χ3n) is 6.05. The minimum absolute atomic E-state index is 0.0809. The number of rotatable bonds is 4. The Morgan fingerprint density at radius 3 is 2.46 bits per heavy atom. The van der Waals surface area contributed by atoms with Crippen LogP contribution in [0.2, 0.25) is 0 Å².